The number of methoxy groups -OCH3 is 2. The predicted octanol–water partition coefficient (Wildman–Crippen LogP) is 3.30. The van der Waals surface area contributed by atoms with Gasteiger partial charge in [0, 0.05) is 25.8 Å². The normalized spacial score (nSPS) is 12.2. The fourth-order valence-corrected chi connectivity index (χ4v) is 2.27. The maximum absolute atomic E-state index is 11.9. The highest BCUT2D eigenvalue weighted by molar-refractivity contribution is 6.32. The molecule has 1 unspecified atom stereocenters. The molecule has 0 heterocycles. The van der Waals surface area contributed by atoms with E-state index >= 15 is 0 Å². The van der Waals surface area contributed by atoms with Gasteiger partial charge < -0.3 is 19.5 Å². The Morgan fingerprint density at radius 2 is 2.13 bits per heavy atom. The Labute approximate surface area is 142 Å². The van der Waals surface area contributed by atoms with Crippen LogP contribution in [0.25, 0.3) is 6.08 Å². The number of carbonyl (C=O) groups is 1. The van der Waals surface area contributed by atoms with Crippen molar-refractivity contribution in [3.05, 3.63) is 28.8 Å². The molecule has 1 rings (SSSR count). The summed E-state index contributed by atoms with van der Waals surface area (Å²) in [4.78, 5) is 11.9. The van der Waals surface area contributed by atoms with Crippen LogP contribution in [0.3, 0.4) is 0 Å². The third-order valence-electron chi connectivity index (χ3n) is 3.11. The van der Waals surface area contributed by atoms with Gasteiger partial charge in [-0.15, -0.1) is 0 Å². The standard InChI is InChI=1S/C17H24ClNO4/c1-5-23-15-11-13(10-14(18)17(15)22-4)6-7-16(20)19-12(2)8-9-21-3/h6-7,10-12H,5,8-9H2,1-4H3,(H,19,20)/b7-6+. The van der Waals surface area contributed by atoms with E-state index in [0.29, 0.717) is 29.7 Å². The fraction of sp³-hybridized carbons (Fsp3) is 0.471. The lowest BCUT2D eigenvalue weighted by atomic mass is 10.1. The number of hydrogen-bond donors (Lipinski definition) is 1. The van der Waals surface area contributed by atoms with Crippen LogP contribution < -0.4 is 14.8 Å². The van der Waals surface area contributed by atoms with Crippen molar-refractivity contribution in [2.75, 3.05) is 27.4 Å². The van der Waals surface area contributed by atoms with E-state index < -0.39 is 0 Å². The van der Waals surface area contributed by atoms with Gasteiger partial charge in [0.15, 0.2) is 11.5 Å². The van der Waals surface area contributed by atoms with Crippen molar-refractivity contribution in [2.24, 2.45) is 0 Å². The number of carbonyl (C=O) groups excluding carboxylic acids is 1. The first-order valence-electron chi connectivity index (χ1n) is 7.49. The van der Waals surface area contributed by atoms with Crippen molar-refractivity contribution < 1.29 is 19.0 Å². The summed E-state index contributed by atoms with van der Waals surface area (Å²) in [6.07, 6.45) is 3.92. The first kappa shape index (κ1) is 19.3. The molecule has 0 aliphatic carbocycles. The monoisotopic (exact) mass is 341 g/mol. The SMILES string of the molecule is CCOc1cc(/C=C/C(=O)NC(C)CCOC)cc(Cl)c1OC. The number of rotatable bonds is 9. The molecule has 1 atom stereocenters. The number of benzene rings is 1. The Balaban J connectivity index is 2.77. The first-order valence-corrected chi connectivity index (χ1v) is 7.87. The molecule has 0 aliphatic rings. The number of nitrogens with one attached hydrogen (secondary N) is 1. The van der Waals surface area contributed by atoms with Gasteiger partial charge in [-0.25, -0.2) is 0 Å². The molecule has 0 bridgehead atoms. The molecule has 1 aromatic rings. The molecule has 0 spiro atoms. The second kappa shape index (κ2) is 10.1. The molecule has 1 aromatic carbocycles. The van der Waals surface area contributed by atoms with Gasteiger partial charge in [0.1, 0.15) is 0 Å². The van der Waals surface area contributed by atoms with Crippen LogP contribution in [0.4, 0.5) is 0 Å². The zero-order valence-electron chi connectivity index (χ0n) is 14.0. The van der Waals surface area contributed by atoms with Crippen molar-refractivity contribution in [1.29, 1.82) is 0 Å². The molecule has 5 nitrogen and oxygen atoms in total. The topological polar surface area (TPSA) is 56.8 Å². The van der Waals surface area contributed by atoms with E-state index in [-0.39, 0.29) is 11.9 Å². The summed E-state index contributed by atoms with van der Waals surface area (Å²) in [6, 6.07) is 3.55. The van der Waals surface area contributed by atoms with Crippen LogP contribution in [-0.2, 0) is 9.53 Å². The van der Waals surface area contributed by atoms with Gasteiger partial charge in [-0.3, -0.25) is 4.79 Å². The van der Waals surface area contributed by atoms with Gasteiger partial charge >= 0.3 is 0 Å². The van der Waals surface area contributed by atoms with E-state index in [0.717, 1.165) is 12.0 Å². The van der Waals surface area contributed by atoms with Crippen molar-refractivity contribution in [3.8, 4) is 11.5 Å². The predicted molar refractivity (Wildman–Crippen MR) is 92.3 cm³/mol. The highest BCUT2D eigenvalue weighted by Crippen LogP contribution is 2.36. The van der Waals surface area contributed by atoms with Gasteiger partial charge in [-0.1, -0.05) is 11.6 Å². The maximum atomic E-state index is 11.9. The highest BCUT2D eigenvalue weighted by Gasteiger charge is 2.11. The molecule has 0 fully saturated rings. The molecular formula is C17H24ClNO4. The molecule has 1 amide bonds. The molecule has 0 saturated heterocycles. The van der Waals surface area contributed by atoms with Crippen LogP contribution >= 0.6 is 11.6 Å². The van der Waals surface area contributed by atoms with Crippen molar-refractivity contribution in [1.82, 2.24) is 5.32 Å². The van der Waals surface area contributed by atoms with E-state index in [2.05, 4.69) is 5.32 Å². The Kier molecular flexibility index (Phi) is 8.51. The van der Waals surface area contributed by atoms with Gasteiger partial charge in [0.05, 0.1) is 18.7 Å². The Hall–Kier alpha value is -1.72. The zero-order valence-corrected chi connectivity index (χ0v) is 14.8. The average Bonchev–Trinajstić information content (AvgIpc) is 2.51. The van der Waals surface area contributed by atoms with Crippen LogP contribution in [0.1, 0.15) is 25.8 Å². The van der Waals surface area contributed by atoms with Gasteiger partial charge in [-0.05, 0) is 44.0 Å². The van der Waals surface area contributed by atoms with E-state index in [1.807, 2.05) is 13.8 Å². The Bertz CT molecular complexity index is 546. The van der Waals surface area contributed by atoms with Crippen LogP contribution in [0, 0.1) is 0 Å². The third-order valence-corrected chi connectivity index (χ3v) is 3.39. The minimum Gasteiger partial charge on any atom is -0.491 e. The summed E-state index contributed by atoms with van der Waals surface area (Å²) in [5, 5.41) is 3.30. The van der Waals surface area contributed by atoms with E-state index in [9.17, 15) is 4.79 Å². The summed E-state index contributed by atoms with van der Waals surface area (Å²) >= 11 is 6.17. The summed E-state index contributed by atoms with van der Waals surface area (Å²) in [5.41, 5.74) is 0.763. The maximum Gasteiger partial charge on any atom is 0.244 e. The lowest BCUT2D eigenvalue weighted by Gasteiger charge is -2.12. The van der Waals surface area contributed by atoms with E-state index in [1.165, 1.54) is 13.2 Å². The van der Waals surface area contributed by atoms with Crippen LogP contribution in [-0.4, -0.2) is 39.4 Å². The quantitative estimate of drug-likeness (QED) is 0.700. The van der Waals surface area contributed by atoms with Crippen LogP contribution in [0.5, 0.6) is 11.5 Å². The lowest BCUT2D eigenvalue weighted by molar-refractivity contribution is -0.117. The number of hydrogen-bond acceptors (Lipinski definition) is 4. The first-order chi connectivity index (χ1) is 11.0. The fourth-order valence-electron chi connectivity index (χ4n) is 1.97. The van der Waals surface area contributed by atoms with Crippen LogP contribution in [0.2, 0.25) is 5.02 Å². The van der Waals surface area contributed by atoms with Crippen molar-refractivity contribution >= 4 is 23.6 Å². The molecule has 0 saturated carbocycles. The number of halogens is 1. The minimum atomic E-state index is -0.168. The molecule has 6 heteroatoms. The van der Waals surface area contributed by atoms with E-state index in [1.54, 1.807) is 25.3 Å². The molecule has 0 radical (unpaired) electrons. The summed E-state index contributed by atoms with van der Waals surface area (Å²) in [6.45, 7) is 4.92. The molecular weight excluding hydrogens is 318 g/mol. The summed E-state index contributed by atoms with van der Waals surface area (Å²) in [7, 11) is 3.17. The van der Waals surface area contributed by atoms with Gasteiger partial charge in [0.25, 0.3) is 0 Å². The van der Waals surface area contributed by atoms with Gasteiger partial charge in [0.2, 0.25) is 5.91 Å². The Morgan fingerprint density at radius 3 is 2.74 bits per heavy atom. The highest BCUT2D eigenvalue weighted by atomic mass is 35.5. The Morgan fingerprint density at radius 1 is 1.39 bits per heavy atom. The molecule has 128 valence electrons. The molecule has 0 aromatic heterocycles. The van der Waals surface area contributed by atoms with Crippen molar-refractivity contribution in [2.45, 2.75) is 26.3 Å². The van der Waals surface area contributed by atoms with Crippen molar-refractivity contribution in [3.63, 3.8) is 0 Å². The second-order valence-corrected chi connectivity index (χ2v) is 5.40. The second-order valence-electron chi connectivity index (χ2n) is 4.99. The lowest BCUT2D eigenvalue weighted by Crippen LogP contribution is -2.31. The average molecular weight is 342 g/mol. The smallest absolute Gasteiger partial charge is 0.244 e. The van der Waals surface area contributed by atoms with Gasteiger partial charge in [-0.2, -0.15) is 0 Å². The third kappa shape index (κ3) is 6.50. The molecule has 23 heavy (non-hydrogen) atoms. The number of ether oxygens (including phenoxy) is 3. The molecule has 1 N–H and O–H groups in total. The van der Waals surface area contributed by atoms with Crippen LogP contribution in [0.15, 0.2) is 18.2 Å². The molecule has 0 aliphatic heterocycles. The zero-order chi connectivity index (χ0) is 17.2. The summed E-state index contributed by atoms with van der Waals surface area (Å²) in [5.74, 6) is 0.873. The van der Waals surface area contributed by atoms with E-state index in [4.69, 9.17) is 25.8 Å². The minimum absolute atomic E-state index is 0.0468. The number of amides is 1. The largest absolute Gasteiger partial charge is 0.491 e. The summed E-state index contributed by atoms with van der Waals surface area (Å²) < 4.78 is 15.7.